The molecule has 0 radical (unpaired) electrons. The van der Waals surface area contributed by atoms with Gasteiger partial charge in [-0.1, -0.05) is 64.1 Å². The summed E-state index contributed by atoms with van der Waals surface area (Å²) >= 11 is 0. The lowest BCUT2D eigenvalue weighted by Crippen LogP contribution is -2.06. The lowest BCUT2D eigenvalue weighted by Gasteiger charge is -2.11. The maximum Gasteiger partial charge on any atom is 0.137 e. The summed E-state index contributed by atoms with van der Waals surface area (Å²) < 4.78 is 0. The molecule has 0 aliphatic heterocycles. The minimum Gasteiger partial charge on any atom is -0.369 e. The van der Waals surface area contributed by atoms with E-state index in [0.717, 1.165) is 81.6 Å². The van der Waals surface area contributed by atoms with E-state index in [0.29, 0.717) is 11.8 Å². The van der Waals surface area contributed by atoms with Gasteiger partial charge in [0.25, 0.3) is 0 Å². The molecule has 0 bridgehead atoms. The van der Waals surface area contributed by atoms with Gasteiger partial charge in [-0.2, -0.15) is 0 Å². The fourth-order valence-electron chi connectivity index (χ4n) is 4.57. The quantitative estimate of drug-likeness (QED) is 0.202. The molecule has 38 heavy (non-hydrogen) atoms. The fraction of sp³-hybridized carbons (Fsp3) is 0.312. The van der Waals surface area contributed by atoms with E-state index in [9.17, 15) is 0 Å². The summed E-state index contributed by atoms with van der Waals surface area (Å²) in [6, 6.07) is 21.5. The molecule has 2 N–H and O–H groups in total. The lowest BCUT2D eigenvalue weighted by molar-refractivity contribution is 0.606. The van der Waals surface area contributed by atoms with Crippen molar-refractivity contribution in [3.63, 3.8) is 0 Å². The Labute approximate surface area is 225 Å². The zero-order valence-electron chi connectivity index (χ0n) is 22.7. The van der Waals surface area contributed by atoms with Gasteiger partial charge < -0.3 is 10.6 Å². The predicted molar refractivity (Wildman–Crippen MR) is 159 cm³/mol. The van der Waals surface area contributed by atoms with Gasteiger partial charge in [0.1, 0.15) is 24.3 Å². The second-order valence-corrected chi connectivity index (χ2v) is 10.7. The molecule has 0 amide bonds. The zero-order chi connectivity index (χ0) is 26.5. The third-order valence-electron chi connectivity index (χ3n) is 6.85. The highest BCUT2D eigenvalue weighted by Crippen LogP contribution is 2.30. The van der Waals surface area contributed by atoms with Crippen molar-refractivity contribution in [2.24, 2.45) is 11.8 Å². The van der Waals surface area contributed by atoms with Crippen molar-refractivity contribution in [2.45, 2.75) is 40.5 Å². The van der Waals surface area contributed by atoms with Crippen LogP contribution in [0.5, 0.6) is 0 Å². The third kappa shape index (κ3) is 5.91. The van der Waals surface area contributed by atoms with E-state index in [1.807, 2.05) is 0 Å². The van der Waals surface area contributed by atoms with Crippen molar-refractivity contribution in [3.8, 4) is 22.3 Å². The van der Waals surface area contributed by atoms with E-state index in [1.54, 1.807) is 12.7 Å². The van der Waals surface area contributed by atoms with Crippen LogP contribution in [0.4, 0.5) is 11.6 Å². The molecule has 0 fully saturated rings. The Kier molecular flexibility index (Phi) is 7.78. The van der Waals surface area contributed by atoms with Crippen LogP contribution in [0, 0.1) is 11.8 Å². The van der Waals surface area contributed by atoms with E-state index in [2.05, 4.69) is 119 Å². The van der Waals surface area contributed by atoms with Crippen molar-refractivity contribution in [2.75, 3.05) is 23.7 Å². The highest BCUT2D eigenvalue weighted by atomic mass is 15.0. The van der Waals surface area contributed by atoms with Crippen LogP contribution in [-0.4, -0.2) is 33.0 Å². The monoisotopic (exact) mass is 504 g/mol. The SMILES string of the molecule is CC(C)CCNc1ncnc2cc(-c3ccc(-c4ccc5c(NCCC(C)C)ncnc5c4)cc3)ccc12. The van der Waals surface area contributed by atoms with Gasteiger partial charge in [0.2, 0.25) is 0 Å². The van der Waals surface area contributed by atoms with Gasteiger partial charge in [0.05, 0.1) is 11.0 Å². The van der Waals surface area contributed by atoms with Gasteiger partial charge in [-0.25, -0.2) is 19.9 Å². The third-order valence-corrected chi connectivity index (χ3v) is 6.85. The molecule has 0 saturated carbocycles. The number of hydrogen-bond acceptors (Lipinski definition) is 6. The normalized spacial score (nSPS) is 11.5. The molecule has 0 unspecified atom stereocenters. The summed E-state index contributed by atoms with van der Waals surface area (Å²) in [5, 5.41) is 9.04. The summed E-state index contributed by atoms with van der Waals surface area (Å²) in [5.41, 5.74) is 6.48. The summed E-state index contributed by atoms with van der Waals surface area (Å²) in [6.45, 7) is 10.7. The van der Waals surface area contributed by atoms with Crippen LogP contribution >= 0.6 is 0 Å². The first-order valence-corrected chi connectivity index (χ1v) is 13.6. The van der Waals surface area contributed by atoms with E-state index in [-0.39, 0.29) is 0 Å². The van der Waals surface area contributed by atoms with E-state index in [4.69, 9.17) is 0 Å². The number of nitrogens with one attached hydrogen (secondary N) is 2. The maximum atomic E-state index is 4.53. The number of aromatic nitrogens is 4. The number of rotatable bonds is 10. The molecular formula is C32H36N6. The number of anilines is 2. The summed E-state index contributed by atoms with van der Waals surface area (Å²) in [7, 11) is 0. The van der Waals surface area contributed by atoms with Crippen molar-refractivity contribution in [1.82, 2.24) is 19.9 Å². The largest absolute Gasteiger partial charge is 0.369 e. The molecule has 0 aliphatic carbocycles. The minimum absolute atomic E-state index is 0.655. The lowest BCUT2D eigenvalue weighted by atomic mass is 9.99. The highest BCUT2D eigenvalue weighted by Gasteiger charge is 2.09. The maximum absolute atomic E-state index is 4.53. The highest BCUT2D eigenvalue weighted by molar-refractivity contribution is 5.93. The van der Waals surface area contributed by atoms with Crippen LogP contribution < -0.4 is 10.6 Å². The van der Waals surface area contributed by atoms with Gasteiger partial charge in [-0.3, -0.25) is 0 Å². The summed E-state index contributed by atoms with van der Waals surface area (Å²) in [6.07, 6.45) is 5.50. The van der Waals surface area contributed by atoms with Crippen molar-refractivity contribution in [1.29, 1.82) is 0 Å². The van der Waals surface area contributed by atoms with Crippen molar-refractivity contribution < 1.29 is 0 Å². The van der Waals surface area contributed by atoms with E-state index >= 15 is 0 Å². The number of benzene rings is 3. The average Bonchev–Trinajstić information content (AvgIpc) is 2.92. The number of fused-ring (bicyclic) bond motifs is 2. The summed E-state index contributed by atoms with van der Waals surface area (Å²) in [4.78, 5) is 18.0. The Morgan fingerprint density at radius 3 is 1.32 bits per heavy atom. The Morgan fingerprint density at radius 1 is 0.526 bits per heavy atom. The van der Waals surface area contributed by atoms with Crippen LogP contribution in [0.25, 0.3) is 44.1 Å². The molecule has 0 spiro atoms. The topological polar surface area (TPSA) is 75.6 Å². The Hall–Kier alpha value is -4.06. The molecule has 194 valence electrons. The molecule has 6 heteroatoms. The Bertz CT molecular complexity index is 1410. The second-order valence-electron chi connectivity index (χ2n) is 10.7. The second kappa shape index (κ2) is 11.5. The average molecular weight is 505 g/mol. The Balaban J connectivity index is 1.35. The van der Waals surface area contributed by atoms with Gasteiger partial charge in [-0.15, -0.1) is 0 Å². The van der Waals surface area contributed by atoms with Crippen molar-refractivity contribution in [3.05, 3.63) is 73.3 Å². The Morgan fingerprint density at radius 2 is 0.921 bits per heavy atom. The first-order chi connectivity index (χ1) is 18.5. The standard InChI is InChI=1S/C32H36N6/c1-21(2)13-15-33-31-27-11-9-25(17-29(27)35-19-37-31)23-5-7-24(8-6-23)26-10-12-28-30(18-26)36-20-38-32(28)34-16-14-22(3)4/h5-12,17-22H,13-16H2,1-4H3,(H,33,35,37)(H,34,36,38). The van der Waals surface area contributed by atoms with Crippen LogP contribution in [0.2, 0.25) is 0 Å². The van der Waals surface area contributed by atoms with Crippen LogP contribution in [0.1, 0.15) is 40.5 Å². The predicted octanol–water partition coefficient (Wildman–Crippen LogP) is 7.82. The first-order valence-electron chi connectivity index (χ1n) is 13.6. The van der Waals surface area contributed by atoms with Gasteiger partial charge in [0.15, 0.2) is 0 Å². The van der Waals surface area contributed by atoms with Gasteiger partial charge in [0, 0.05) is 23.9 Å². The van der Waals surface area contributed by atoms with Crippen LogP contribution in [-0.2, 0) is 0 Å². The summed E-state index contributed by atoms with van der Waals surface area (Å²) in [5.74, 6) is 3.11. The smallest absolute Gasteiger partial charge is 0.137 e. The molecule has 0 aliphatic rings. The first kappa shape index (κ1) is 25.6. The van der Waals surface area contributed by atoms with Crippen molar-refractivity contribution >= 4 is 33.4 Å². The molecule has 2 heterocycles. The molecule has 5 rings (SSSR count). The molecule has 5 aromatic rings. The fourth-order valence-corrected chi connectivity index (χ4v) is 4.57. The van der Waals surface area contributed by atoms with Crippen LogP contribution in [0.15, 0.2) is 73.3 Å². The minimum atomic E-state index is 0.655. The number of nitrogens with zero attached hydrogens (tertiary/aromatic N) is 4. The number of hydrogen-bond donors (Lipinski definition) is 2. The molecular weight excluding hydrogens is 468 g/mol. The zero-order valence-corrected chi connectivity index (χ0v) is 22.7. The molecule has 0 atom stereocenters. The molecule has 6 nitrogen and oxygen atoms in total. The molecule has 3 aromatic carbocycles. The molecule has 0 saturated heterocycles. The van der Waals surface area contributed by atoms with E-state index in [1.165, 1.54) is 0 Å². The van der Waals surface area contributed by atoms with Gasteiger partial charge >= 0.3 is 0 Å². The van der Waals surface area contributed by atoms with Crippen LogP contribution in [0.3, 0.4) is 0 Å². The molecule has 2 aromatic heterocycles. The van der Waals surface area contributed by atoms with E-state index < -0.39 is 0 Å². The van der Waals surface area contributed by atoms with Gasteiger partial charge in [-0.05, 0) is 71.2 Å².